The van der Waals surface area contributed by atoms with E-state index in [1.165, 1.54) is 41.6 Å². The van der Waals surface area contributed by atoms with Crippen molar-refractivity contribution in [2.24, 2.45) is 17.8 Å². The van der Waals surface area contributed by atoms with E-state index in [1.54, 1.807) is 0 Å². The molecule has 32 heavy (non-hydrogen) atoms. The van der Waals surface area contributed by atoms with Crippen LogP contribution in [0.4, 0.5) is 5.69 Å². The van der Waals surface area contributed by atoms with Gasteiger partial charge < -0.3 is 10.6 Å². The van der Waals surface area contributed by atoms with E-state index in [-0.39, 0.29) is 5.91 Å². The normalized spacial score (nSPS) is 27.3. The lowest BCUT2D eigenvalue weighted by Gasteiger charge is -2.43. The quantitative estimate of drug-likeness (QED) is 0.533. The molecule has 2 aliphatic carbocycles. The first kappa shape index (κ1) is 19.6. The molecule has 2 bridgehead atoms. The van der Waals surface area contributed by atoms with Gasteiger partial charge in [0.25, 0.3) is 5.91 Å². The van der Waals surface area contributed by atoms with Gasteiger partial charge in [-0.15, -0.1) is 0 Å². The summed E-state index contributed by atoms with van der Waals surface area (Å²) < 4.78 is 0. The summed E-state index contributed by atoms with van der Waals surface area (Å²) in [4.78, 5) is 12.9. The second-order valence-electron chi connectivity index (χ2n) is 9.76. The van der Waals surface area contributed by atoms with Crippen molar-refractivity contribution < 1.29 is 4.79 Å². The number of carbonyl (C=O) groups is 1. The maximum absolute atomic E-state index is 12.9. The third-order valence-corrected chi connectivity index (χ3v) is 8.05. The molecule has 5 atom stereocenters. The molecule has 1 amide bonds. The molecule has 1 heterocycles. The monoisotopic (exact) mass is 422 g/mol. The van der Waals surface area contributed by atoms with Crippen LogP contribution in [0.1, 0.15) is 58.3 Å². The Labute approximate surface area is 190 Å². The number of nitrogens with one attached hydrogen (secondary N) is 2. The molecule has 2 fully saturated rings. The fourth-order valence-electron chi connectivity index (χ4n) is 6.68. The number of anilines is 1. The average Bonchev–Trinajstić information content (AvgIpc) is 3.47. The molecule has 3 aromatic carbocycles. The summed E-state index contributed by atoms with van der Waals surface area (Å²) in [7, 11) is 0. The van der Waals surface area contributed by atoms with Crippen molar-refractivity contribution in [3.63, 3.8) is 0 Å². The lowest BCUT2D eigenvalue weighted by Crippen LogP contribution is -2.35. The molecule has 0 saturated heterocycles. The van der Waals surface area contributed by atoms with Gasteiger partial charge in [-0.25, -0.2) is 0 Å². The summed E-state index contributed by atoms with van der Waals surface area (Å²) in [6, 6.07) is 27.9. The van der Waals surface area contributed by atoms with Crippen LogP contribution in [0.25, 0.3) is 0 Å². The maximum atomic E-state index is 12.9. The SMILES string of the molecule is O=C(NCCc1ccccc1)c1ccc2c(c1)[C@@H]1[C@H]3CC[C@@H](C3)[C@H]1[C@@H](c1ccccc1)N2. The highest BCUT2D eigenvalue weighted by atomic mass is 16.1. The van der Waals surface area contributed by atoms with E-state index >= 15 is 0 Å². The molecule has 0 radical (unpaired) electrons. The van der Waals surface area contributed by atoms with E-state index in [0.717, 1.165) is 23.8 Å². The molecule has 3 nitrogen and oxygen atoms in total. The van der Waals surface area contributed by atoms with E-state index in [2.05, 4.69) is 65.2 Å². The van der Waals surface area contributed by atoms with Crippen molar-refractivity contribution in [2.45, 2.75) is 37.6 Å². The fourth-order valence-corrected chi connectivity index (χ4v) is 6.68. The van der Waals surface area contributed by atoms with Crippen LogP contribution in [0.15, 0.2) is 78.9 Å². The van der Waals surface area contributed by atoms with Gasteiger partial charge in [-0.2, -0.15) is 0 Å². The molecule has 3 aliphatic rings. The predicted molar refractivity (Wildman–Crippen MR) is 129 cm³/mol. The van der Waals surface area contributed by atoms with Crippen LogP contribution in [0.2, 0.25) is 0 Å². The Kier molecular flexibility index (Phi) is 4.98. The topological polar surface area (TPSA) is 41.1 Å². The number of carbonyl (C=O) groups excluding carboxylic acids is 1. The highest BCUT2D eigenvalue weighted by Crippen LogP contribution is 2.63. The molecule has 0 unspecified atom stereocenters. The van der Waals surface area contributed by atoms with Crippen LogP contribution < -0.4 is 10.6 Å². The molecule has 3 heteroatoms. The Morgan fingerprint density at radius 1 is 0.906 bits per heavy atom. The smallest absolute Gasteiger partial charge is 0.251 e. The highest BCUT2D eigenvalue weighted by molar-refractivity contribution is 5.95. The van der Waals surface area contributed by atoms with E-state index in [1.807, 2.05) is 24.3 Å². The largest absolute Gasteiger partial charge is 0.378 e. The van der Waals surface area contributed by atoms with Gasteiger partial charge in [0.05, 0.1) is 6.04 Å². The van der Waals surface area contributed by atoms with Gasteiger partial charge >= 0.3 is 0 Å². The van der Waals surface area contributed by atoms with Crippen LogP contribution >= 0.6 is 0 Å². The Hall–Kier alpha value is -3.07. The Bertz CT molecular complexity index is 1110. The second-order valence-corrected chi connectivity index (χ2v) is 9.76. The minimum atomic E-state index is 0.0358. The van der Waals surface area contributed by atoms with Crippen LogP contribution in [0, 0.1) is 17.8 Å². The molecule has 2 saturated carbocycles. The van der Waals surface area contributed by atoms with Crippen molar-refractivity contribution in [1.82, 2.24) is 5.32 Å². The Morgan fingerprint density at radius 3 is 2.47 bits per heavy atom. The van der Waals surface area contributed by atoms with Crippen LogP contribution in [-0.4, -0.2) is 12.5 Å². The van der Waals surface area contributed by atoms with Crippen LogP contribution in [-0.2, 0) is 6.42 Å². The fraction of sp³-hybridized carbons (Fsp3) is 0.345. The molecule has 3 aromatic rings. The van der Waals surface area contributed by atoms with Crippen LogP contribution in [0.3, 0.4) is 0 Å². The first-order valence-electron chi connectivity index (χ1n) is 12.1. The van der Waals surface area contributed by atoms with Gasteiger partial charge in [0, 0.05) is 17.8 Å². The number of hydrogen-bond acceptors (Lipinski definition) is 2. The third kappa shape index (κ3) is 3.40. The maximum Gasteiger partial charge on any atom is 0.251 e. The van der Waals surface area contributed by atoms with E-state index < -0.39 is 0 Å². The standard InChI is InChI=1S/C29H30N2O/c32-29(30-16-15-19-7-3-1-4-8-19)23-13-14-25-24(18-23)26-21-11-12-22(17-21)27(26)28(31-25)20-9-5-2-6-10-20/h1-10,13-14,18,21-22,26-28,31H,11-12,15-17H2,(H,30,32)/t21-,22-,26-,27+,28+/m0/s1. The van der Waals surface area contributed by atoms with Gasteiger partial charge in [0.2, 0.25) is 0 Å². The van der Waals surface area contributed by atoms with Gasteiger partial charge in [-0.05, 0) is 84.2 Å². The predicted octanol–water partition coefficient (Wildman–Crippen LogP) is 5.96. The summed E-state index contributed by atoms with van der Waals surface area (Å²) in [6.45, 7) is 0.658. The van der Waals surface area contributed by atoms with Crippen LogP contribution in [0.5, 0.6) is 0 Å². The summed E-state index contributed by atoms with van der Waals surface area (Å²) >= 11 is 0. The highest BCUT2D eigenvalue weighted by Gasteiger charge is 2.53. The summed E-state index contributed by atoms with van der Waals surface area (Å²) in [5.41, 5.74) is 6.01. The summed E-state index contributed by atoms with van der Waals surface area (Å²) in [5.74, 6) is 2.77. The van der Waals surface area contributed by atoms with Crippen molar-refractivity contribution in [1.29, 1.82) is 0 Å². The lowest BCUT2D eigenvalue weighted by atomic mass is 9.68. The minimum Gasteiger partial charge on any atom is -0.378 e. The zero-order chi connectivity index (χ0) is 21.5. The zero-order valence-electron chi connectivity index (χ0n) is 18.3. The zero-order valence-corrected chi connectivity index (χ0v) is 18.3. The average molecular weight is 423 g/mol. The molecule has 6 rings (SSSR count). The molecular weight excluding hydrogens is 392 g/mol. The summed E-state index contributed by atoms with van der Waals surface area (Å²) in [6.07, 6.45) is 4.88. The number of fused-ring (bicyclic) bond motifs is 7. The van der Waals surface area contributed by atoms with Crippen molar-refractivity contribution in [2.75, 3.05) is 11.9 Å². The van der Waals surface area contributed by atoms with E-state index in [0.29, 0.717) is 24.4 Å². The molecule has 0 spiro atoms. The Morgan fingerprint density at radius 2 is 1.66 bits per heavy atom. The number of benzene rings is 3. The Balaban J connectivity index is 1.25. The van der Waals surface area contributed by atoms with Crippen molar-refractivity contribution in [3.05, 3.63) is 101 Å². The third-order valence-electron chi connectivity index (χ3n) is 8.05. The lowest BCUT2D eigenvalue weighted by molar-refractivity contribution is 0.0954. The first-order valence-corrected chi connectivity index (χ1v) is 12.1. The number of hydrogen-bond donors (Lipinski definition) is 2. The molecule has 2 N–H and O–H groups in total. The molecule has 162 valence electrons. The number of rotatable bonds is 5. The number of amides is 1. The molecule has 1 aliphatic heterocycles. The van der Waals surface area contributed by atoms with E-state index in [4.69, 9.17) is 0 Å². The van der Waals surface area contributed by atoms with Gasteiger partial charge in [-0.3, -0.25) is 4.79 Å². The van der Waals surface area contributed by atoms with Crippen molar-refractivity contribution >= 4 is 11.6 Å². The van der Waals surface area contributed by atoms with Gasteiger partial charge in [0.1, 0.15) is 0 Å². The van der Waals surface area contributed by atoms with Gasteiger partial charge in [0.15, 0.2) is 0 Å². The molecular formula is C29H30N2O. The molecule has 0 aromatic heterocycles. The summed E-state index contributed by atoms with van der Waals surface area (Å²) in [5, 5.41) is 6.99. The first-order chi connectivity index (χ1) is 15.8. The minimum absolute atomic E-state index is 0.0358. The second kappa shape index (κ2) is 8.12. The van der Waals surface area contributed by atoms with E-state index in [9.17, 15) is 4.79 Å². The van der Waals surface area contributed by atoms with Gasteiger partial charge in [-0.1, -0.05) is 60.7 Å². The van der Waals surface area contributed by atoms with Crippen molar-refractivity contribution in [3.8, 4) is 0 Å².